The Kier molecular flexibility index (Phi) is 4.17. The Morgan fingerprint density at radius 3 is 3.00 bits per heavy atom. The first-order valence-corrected chi connectivity index (χ1v) is 9.42. The summed E-state index contributed by atoms with van der Waals surface area (Å²) in [4.78, 5) is 11.1. The summed E-state index contributed by atoms with van der Waals surface area (Å²) in [7, 11) is 1.74. The predicted molar refractivity (Wildman–Crippen MR) is 99.1 cm³/mol. The molecule has 2 aliphatic rings. The predicted octanol–water partition coefficient (Wildman–Crippen LogP) is 1.83. The fourth-order valence-electron chi connectivity index (χ4n) is 3.91. The maximum absolute atomic E-state index is 13.5. The summed E-state index contributed by atoms with van der Waals surface area (Å²) >= 11 is 0. The molecule has 0 radical (unpaired) electrons. The largest absolute Gasteiger partial charge is 0.586 e. The molecule has 2 aromatic heterocycles. The molecule has 0 unspecified atom stereocenters. The summed E-state index contributed by atoms with van der Waals surface area (Å²) in [6, 6.07) is 3.01. The summed E-state index contributed by atoms with van der Waals surface area (Å²) < 4.78 is 42.9. The van der Waals surface area contributed by atoms with E-state index in [0.717, 1.165) is 32.5 Å². The van der Waals surface area contributed by atoms with Crippen LogP contribution in [0.3, 0.4) is 0 Å². The maximum atomic E-state index is 13.5. The van der Waals surface area contributed by atoms with Crippen molar-refractivity contribution in [2.75, 3.05) is 32.5 Å². The first-order chi connectivity index (χ1) is 13.9. The number of methoxy groups -OCH3 is 1. The van der Waals surface area contributed by atoms with E-state index >= 15 is 0 Å². The molecule has 1 fully saturated rings. The molecule has 0 spiro atoms. The number of ether oxygens (including phenoxy) is 3. The first-order valence-electron chi connectivity index (χ1n) is 9.42. The van der Waals surface area contributed by atoms with Crippen LogP contribution in [0.5, 0.6) is 11.5 Å². The Balaban J connectivity index is 1.46. The number of rotatable bonds is 4. The highest BCUT2D eigenvalue weighted by atomic mass is 19.3. The van der Waals surface area contributed by atoms with Crippen molar-refractivity contribution in [2.45, 2.75) is 31.7 Å². The fraction of sp³-hybridized carbons (Fsp3) is 0.500. The molecule has 0 saturated carbocycles. The van der Waals surface area contributed by atoms with E-state index < -0.39 is 6.29 Å². The minimum atomic E-state index is -3.73. The molecule has 5 rings (SSSR count). The lowest BCUT2D eigenvalue weighted by atomic mass is 10.1. The van der Waals surface area contributed by atoms with Gasteiger partial charge in [-0.15, -0.1) is 13.9 Å². The maximum Gasteiger partial charge on any atom is 0.586 e. The zero-order valence-electron chi connectivity index (χ0n) is 15.8. The SMILES string of the molecule is CO[C@@H]1CCCN(CCc2nc3c4ccc5c(c4nc(N)n3n2)OC(F)(F)O5)C1. The highest BCUT2D eigenvalue weighted by molar-refractivity contribution is 5.97. The Bertz CT molecular complexity index is 1090. The van der Waals surface area contributed by atoms with Crippen molar-refractivity contribution in [3.8, 4) is 11.5 Å². The van der Waals surface area contributed by atoms with Crippen molar-refractivity contribution in [3.63, 3.8) is 0 Å². The molecule has 0 amide bonds. The number of alkyl halides is 2. The van der Waals surface area contributed by atoms with Gasteiger partial charge in [0.2, 0.25) is 5.95 Å². The van der Waals surface area contributed by atoms with Gasteiger partial charge in [-0.25, -0.2) is 9.97 Å². The van der Waals surface area contributed by atoms with Gasteiger partial charge in [-0.3, -0.25) is 0 Å². The molecular formula is C18H20F2N6O3. The number of anilines is 1. The highest BCUT2D eigenvalue weighted by Gasteiger charge is 2.44. The van der Waals surface area contributed by atoms with Crippen LogP contribution in [0, 0.1) is 0 Å². The number of benzene rings is 1. The normalized spacial score (nSPS) is 21.3. The van der Waals surface area contributed by atoms with E-state index in [1.54, 1.807) is 13.2 Å². The van der Waals surface area contributed by atoms with Gasteiger partial charge < -0.3 is 24.8 Å². The average Bonchev–Trinajstić information content (AvgIpc) is 3.27. The molecule has 1 saturated heterocycles. The number of hydrogen-bond acceptors (Lipinski definition) is 8. The monoisotopic (exact) mass is 406 g/mol. The number of nitrogens with two attached hydrogens (primary N) is 1. The molecule has 9 nitrogen and oxygen atoms in total. The second-order valence-corrected chi connectivity index (χ2v) is 7.24. The van der Waals surface area contributed by atoms with Crippen LogP contribution in [0.2, 0.25) is 0 Å². The summed E-state index contributed by atoms with van der Waals surface area (Å²) in [6.07, 6.45) is -0.683. The molecule has 2 aliphatic heterocycles. The summed E-state index contributed by atoms with van der Waals surface area (Å²) in [5.74, 6) is 0.408. The Labute approximate surface area is 164 Å². The van der Waals surface area contributed by atoms with E-state index in [1.165, 1.54) is 10.6 Å². The third-order valence-corrected chi connectivity index (χ3v) is 5.33. The van der Waals surface area contributed by atoms with E-state index in [-0.39, 0.29) is 29.1 Å². The standard InChI is InChI=1S/C18H20F2N6O3/c1-27-10-3-2-7-25(9-10)8-6-13-22-16-11-4-5-12-15(29-18(19,20)28-12)14(11)23-17(21)26(16)24-13/h4-5,10H,2-3,6-9H2,1H3,(H2,21,23)/t10-/m1/s1. The number of nitrogens with zero attached hydrogens (tertiary/aromatic N) is 5. The first kappa shape index (κ1) is 18.3. The lowest BCUT2D eigenvalue weighted by Gasteiger charge is -2.31. The Morgan fingerprint density at radius 1 is 1.31 bits per heavy atom. The van der Waals surface area contributed by atoms with Gasteiger partial charge in [0.25, 0.3) is 0 Å². The minimum absolute atomic E-state index is 0.0379. The van der Waals surface area contributed by atoms with Crippen LogP contribution >= 0.6 is 0 Å². The van der Waals surface area contributed by atoms with E-state index in [4.69, 9.17) is 10.5 Å². The minimum Gasteiger partial charge on any atom is -0.395 e. The molecule has 4 heterocycles. The lowest BCUT2D eigenvalue weighted by molar-refractivity contribution is -0.286. The fourth-order valence-corrected chi connectivity index (χ4v) is 3.91. The number of halogens is 2. The summed E-state index contributed by atoms with van der Waals surface area (Å²) in [6.45, 7) is 2.69. The number of hydrogen-bond donors (Lipinski definition) is 1. The third-order valence-electron chi connectivity index (χ3n) is 5.33. The number of nitrogen functional groups attached to an aromatic ring is 1. The van der Waals surface area contributed by atoms with Crippen LogP contribution in [0.4, 0.5) is 14.7 Å². The zero-order valence-corrected chi connectivity index (χ0v) is 15.8. The summed E-state index contributed by atoms with van der Waals surface area (Å²) in [5.41, 5.74) is 6.62. The van der Waals surface area contributed by atoms with Crippen LogP contribution in [-0.4, -0.2) is 63.6 Å². The number of piperidine rings is 1. The van der Waals surface area contributed by atoms with Gasteiger partial charge in [-0.2, -0.15) is 4.52 Å². The third kappa shape index (κ3) is 3.19. The second-order valence-electron chi connectivity index (χ2n) is 7.24. The van der Waals surface area contributed by atoms with E-state index in [2.05, 4.69) is 29.4 Å². The summed E-state index contributed by atoms with van der Waals surface area (Å²) in [5, 5.41) is 4.96. The average molecular weight is 406 g/mol. The molecule has 0 bridgehead atoms. The quantitative estimate of drug-likeness (QED) is 0.701. The van der Waals surface area contributed by atoms with E-state index in [1.807, 2.05) is 0 Å². The van der Waals surface area contributed by atoms with E-state index in [0.29, 0.717) is 23.3 Å². The topological polar surface area (TPSA) is 100 Å². The van der Waals surface area contributed by atoms with Gasteiger partial charge in [0, 0.05) is 32.0 Å². The molecule has 29 heavy (non-hydrogen) atoms. The van der Waals surface area contributed by atoms with E-state index in [9.17, 15) is 8.78 Å². The van der Waals surface area contributed by atoms with Gasteiger partial charge in [-0.1, -0.05) is 0 Å². The molecule has 1 atom stereocenters. The van der Waals surface area contributed by atoms with Gasteiger partial charge in [0.05, 0.1) is 6.10 Å². The zero-order chi connectivity index (χ0) is 20.2. The number of likely N-dealkylation sites (tertiary alicyclic amines) is 1. The highest BCUT2D eigenvalue weighted by Crippen LogP contribution is 2.45. The molecule has 1 aromatic carbocycles. The number of aromatic nitrogens is 4. The molecule has 154 valence electrons. The van der Waals surface area contributed by atoms with Gasteiger partial charge in [0.15, 0.2) is 23.0 Å². The molecule has 2 N–H and O–H groups in total. The smallest absolute Gasteiger partial charge is 0.395 e. The van der Waals surface area contributed by atoms with Crippen molar-refractivity contribution < 1.29 is 23.0 Å². The molecule has 11 heteroatoms. The second kappa shape index (κ2) is 6.63. The van der Waals surface area contributed by atoms with Gasteiger partial charge >= 0.3 is 6.29 Å². The van der Waals surface area contributed by atoms with Gasteiger partial charge in [-0.05, 0) is 31.5 Å². The van der Waals surface area contributed by atoms with Crippen LogP contribution in [0.1, 0.15) is 18.7 Å². The molecule has 3 aromatic rings. The van der Waals surface area contributed by atoms with Crippen molar-refractivity contribution in [3.05, 3.63) is 18.0 Å². The lowest BCUT2D eigenvalue weighted by Crippen LogP contribution is -2.40. The van der Waals surface area contributed by atoms with Crippen LogP contribution < -0.4 is 15.2 Å². The van der Waals surface area contributed by atoms with Crippen LogP contribution in [0.25, 0.3) is 16.6 Å². The molecular weight excluding hydrogens is 386 g/mol. The number of fused-ring (bicyclic) bond motifs is 5. The van der Waals surface area contributed by atoms with Crippen molar-refractivity contribution in [1.29, 1.82) is 0 Å². The van der Waals surface area contributed by atoms with Crippen molar-refractivity contribution in [1.82, 2.24) is 24.5 Å². The van der Waals surface area contributed by atoms with Crippen LogP contribution in [-0.2, 0) is 11.2 Å². The van der Waals surface area contributed by atoms with Gasteiger partial charge in [0.1, 0.15) is 5.52 Å². The van der Waals surface area contributed by atoms with Crippen molar-refractivity contribution >= 4 is 22.5 Å². The Morgan fingerprint density at radius 2 is 2.17 bits per heavy atom. The Hall–Kier alpha value is -2.79. The molecule has 0 aliphatic carbocycles. The van der Waals surface area contributed by atoms with Crippen molar-refractivity contribution in [2.24, 2.45) is 0 Å². The van der Waals surface area contributed by atoms with Crippen LogP contribution in [0.15, 0.2) is 12.1 Å².